The van der Waals surface area contributed by atoms with E-state index in [2.05, 4.69) is 38.7 Å². The monoisotopic (exact) mass is 525 g/mol. The van der Waals surface area contributed by atoms with Gasteiger partial charge in [-0.05, 0) is 17.9 Å². The maximum atomic E-state index is 13.0. The van der Waals surface area contributed by atoms with Crippen LogP contribution in [0.15, 0.2) is 21.8 Å². The predicted octanol–water partition coefficient (Wildman–Crippen LogP) is -1.09. The molecule has 2 saturated heterocycles. The van der Waals surface area contributed by atoms with E-state index < -0.39 is 28.3 Å². The van der Waals surface area contributed by atoms with Gasteiger partial charge in [0.05, 0.1) is 11.7 Å². The number of amides is 3. The highest BCUT2D eigenvalue weighted by molar-refractivity contribution is 8.00. The largest absolute Gasteiger partial charge is 0.398 e. The van der Waals surface area contributed by atoms with Crippen LogP contribution in [-0.2, 0) is 24.0 Å². The molecule has 1 aromatic rings. The number of thiol groups is 1. The first-order chi connectivity index (χ1) is 16.3. The van der Waals surface area contributed by atoms with Crippen LogP contribution in [0.3, 0.4) is 0 Å². The van der Waals surface area contributed by atoms with Crippen LogP contribution >= 0.6 is 35.7 Å². The first-order valence-electron chi connectivity index (χ1n) is 10.3. The van der Waals surface area contributed by atoms with E-state index in [-0.39, 0.29) is 40.1 Å². The number of hydrogen-bond donors (Lipinski definition) is 5. The Balaban J connectivity index is 1.51. The topological polar surface area (TPSA) is 168 Å². The number of thiazole rings is 1. The highest BCUT2D eigenvalue weighted by atomic mass is 32.2. The summed E-state index contributed by atoms with van der Waals surface area (Å²) in [5.41, 5.74) is 6.77. The summed E-state index contributed by atoms with van der Waals surface area (Å²) < 4.78 is 0. The zero-order chi connectivity index (χ0) is 24.6. The molecule has 2 fully saturated rings. The summed E-state index contributed by atoms with van der Waals surface area (Å²) in [6.45, 7) is 0.513. The third kappa shape index (κ3) is 4.39. The molecule has 12 nitrogen and oxygen atoms in total. The second kappa shape index (κ2) is 9.93. The van der Waals surface area contributed by atoms with Crippen molar-refractivity contribution in [3.05, 3.63) is 22.3 Å². The number of rotatable bonds is 7. The van der Waals surface area contributed by atoms with Gasteiger partial charge in [0, 0.05) is 24.7 Å². The average Bonchev–Trinajstić information content (AvgIpc) is 3.48. The summed E-state index contributed by atoms with van der Waals surface area (Å²) in [6.07, 6.45) is 0.514. The second-order valence-electron chi connectivity index (χ2n) is 7.74. The second-order valence-corrected chi connectivity index (χ2v) is 10.1. The van der Waals surface area contributed by atoms with E-state index in [0.717, 1.165) is 16.9 Å². The van der Waals surface area contributed by atoms with E-state index in [4.69, 9.17) is 10.6 Å². The number of hydrogen-bond acceptors (Lipinski definition) is 11. The zero-order valence-corrected chi connectivity index (χ0v) is 20.8. The fourth-order valence-corrected chi connectivity index (χ4v) is 6.49. The molecule has 3 amide bonds. The van der Waals surface area contributed by atoms with Crippen molar-refractivity contribution in [1.82, 2.24) is 25.8 Å². The lowest BCUT2D eigenvalue weighted by Gasteiger charge is -2.50. The zero-order valence-electron chi connectivity index (χ0n) is 18.2. The van der Waals surface area contributed by atoms with Crippen molar-refractivity contribution in [2.45, 2.75) is 23.9 Å². The molecule has 15 heteroatoms. The van der Waals surface area contributed by atoms with Crippen molar-refractivity contribution in [3.63, 3.8) is 0 Å². The predicted molar refractivity (Wildman–Crippen MR) is 130 cm³/mol. The van der Waals surface area contributed by atoms with Crippen molar-refractivity contribution in [2.24, 2.45) is 11.1 Å². The number of nitrogens with zero attached hydrogens (tertiary/aromatic N) is 3. The van der Waals surface area contributed by atoms with Gasteiger partial charge in [-0.2, -0.15) is 0 Å². The molecule has 3 aliphatic heterocycles. The molecule has 4 heterocycles. The van der Waals surface area contributed by atoms with Crippen molar-refractivity contribution < 1.29 is 24.0 Å². The highest BCUT2D eigenvalue weighted by Gasteiger charge is 2.54. The Morgan fingerprint density at radius 2 is 2.18 bits per heavy atom. The number of likely N-dealkylation sites (N-methyl/N-ethyl adjacent to an activating group) is 1. The summed E-state index contributed by atoms with van der Waals surface area (Å²) in [5.74, 6) is -0.812. The summed E-state index contributed by atoms with van der Waals surface area (Å²) >= 11 is 6.59. The maximum absolute atomic E-state index is 13.0. The van der Waals surface area contributed by atoms with Crippen LogP contribution in [0.2, 0.25) is 0 Å². The van der Waals surface area contributed by atoms with E-state index >= 15 is 0 Å². The lowest BCUT2D eigenvalue weighted by molar-refractivity contribution is -0.146. The van der Waals surface area contributed by atoms with Crippen LogP contribution in [0.4, 0.5) is 5.13 Å². The lowest BCUT2D eigenvalue weighted by atomic mass is 9.92. The normalized spacial score (nSPS) is 26.6. The van der Waals surface area contributed by atoms with E-state index in [9.17, 15) is 19.2 Å². The quantitative estimate of drug-likeness (QED) is 0.129. The van der Waals surface area contributed by atoms with Gasteiger partial charge in [0.2, 0.25) is 11.0 Å². The number of nitrogen functional groups attached to an aromatic ring is 1. The molecule has 34 heavy (non-hydrogen) atoms. The Morgan fingerprint density at radius 3 is 2.79 bits per heavy atom. The Morgan fingerprint density at radius 1 is 1.41 bits per heavy atom. The number of oxime groups is 1. The molecule has 0 spiro atoms. The van der Waals surface area contributed by atoms with Crippen LogP contribution in [0.5, 0.6) is 0 Å². The standard InChI is InChI=1S/C19H23N7O5S3/c1-21-14(27)9-3-7(4-22-9)8-5-33-17-12(16(29)26(17)13(8)18(30)32)24-15(28)11(25-31-2)10-6-34-19(20)23-10/h6-7,9,12,17,22H,3-5H2,1-2H3,(H2,20,23)(H,21,27)(H,24,28)(H,30,32)/t7-,9+,12-,17-/m1/s1. The Hall–Kier alpha value is -2.62. The van der Waals surface area contributed by atoms with E-state index in [1.54, 1.807) is 12.4 Å². The molecule has 0 aliphatic carbocycles. The van der Waals surface area contributed by atoms with Gasteiger partial charge in [-0.1, -0.05) is 17.8 Å². The minimum absolute atomic E-state index is 0.0844. The molecule has 5 N–H and O–H groups in total. The number of carbonyl (C=O) groups is 4. The van der Waals surface area contributed by atoms with Crippen molar-refractivity contribution in [2.75, 3.05) is 32.2 Å². The van der Waals surface area contributed by atoms with Gasteiger partial charge in [0.25, 0.3) is 11.8 Å². The molecule has 4 rings (SSSR count). The molecule has 0 unspecified atom stereocenters. The number of thioether (sulfide) groups is 1. The van der Waals surface area contributed by atoms with Crippen molar-refractivity contribution >= 4 is 69.4 Å². The SMILES string of the molecule is CNC(=O)[C@@H]1C[C@@H](C2=C(C(=O)S)N3C(=O)[C@@H](NC(=O)C(=NOC)c4csc(N)n4)[C@H]3SC2)CN1. The summed E-state index contributed by atoms with van der Waals surface area (Å²) in [4.78, 5) is 60.5. The van der Waals surface area contributed by atoms with Crippen molar-refractivity contribution in [3.8, 4) is 0 Å². The molecular weight excluding hydrogens is 502 g/mol. The fraction of sp³-hybridized carbons (Fsp3) is 0.474. The third-order valence-electron chi connectivity index (χ3n) is 5.84. The van der Waals surface area contributed by atoms with Gasteiger partial charge in [0.1, 0.15) is 24.2 Å². The van der Waals surface area contributed by atoms with Crippen LogP contribution in [0, 0.1) is 5.92 Å². The molecule has 0 bridgehead atoms. The summed E-state index contributed by atoms with van der Waals surface area (Å²) in [7, 11) is 2.86. The minimum atomic E-state index is -0.861. The number of fused-ring (bicyclic) bond motifs is 1. The van der Waals surface area contributed by atoms with Gasteiger partial charge in [-0.15, -0.1) is 23.1 Å². The number of nitrogens with two attached hydrogens (primary N) is 1. The number of β-lactam (4-membered cyclic amide) rings is 1. The van der Waals surface area contributed by atoms with E-state index in [1.165, 1.54) is 23.8 Å². The molecule has 0 radical (unpaired) electrons. The Kier molecular flexibility index (Phi) is 7.16. The fourth-order valence-electron chi connectivity index (χ4n) is 4.23. The Labute approximate surface area is 208 Å². The molecule has 1 aromatic heterocycles. The molecule has 0 saturated carbocycles. The van der Waals surface area contributed by atoms with Gasteiger partial charge < -0.3 is 26.5 Å². The van der Waals surface area contributed by atoms with Crippen LogP contribution < -0.4 is 21.7 Å². The van der Waals surface area contributed by atoms with Gasteiger partial charge >= 0.3 is 0 Å². The van der Waals surface area contributed by atoms with Crippen molar-refractivity contribution in [1.29, 1.82) is 0 Å². The molecule has 182 valence electrons. The number of anilines is 1. The van der Waals surface area contributed by atoms with E-state index in [0.29, 0.717) is 18.7 Å². The maximum Gasteiger partial charge on any atom is 0.276 e. The van der Waals surface area contributed by atoms with Crippen LogP contribution in [0.25, 0.3) is 0 Å². The molecular formula is C19H23N7O5S3. The first-order valence-corrected chi connectivity index (χ1v) is 12.6. The number of carbonyl (C=O) groups excluding carboxylic acids is 4. The van der Waals surface area contributed by atoms with Crippen LogP contribution in [-0.4, -0.2) is 82.3 Å². The Bertz CT molecular complexity index is 1100. The van der Waals surface area contributed by atoms with Gasteiger partial charge in [-0.25, -0.2) is 4.98 Å². The van der Waals surface area contributed by atoms with Gasteiger partial charge in [-0.3, -0.25) is 24.1 Å². The number of nitrogens with one attached hydrogen (secondary N) is 3. The number of aromatic nitrogens is 1. The lowest BCUT2D eigenvalue weighted by Crippen LogP contribution is -2.71. The smallest absolute Gasteiger partial charge is 0.276 e. The summed E-state index contributed by atoms with van der Waals surface area (Å²) in [5, 5.41) is 13.0. The highest BCUT2D eigenvalue weighted by Crippen LogP contribution is 2.44. The van der Waals surface area contributed by atoms with E-state index in [1.807, 2.05) is 0 Å². The van der Waals surface area contributed by atoms with Crippen LogP contribution in [0.1, 0.15) is 12.1 Å². The average molecular weight is 526 g/mol. The molecule has 0 aromatic carbocycles. The molecule has 3 aliphatic rings. The van der Waals surface area contributed by atoms with Gasteiger partial charge in [0.15, 0.2) is 10.8 Å². The summed E-state index contributed by atoms with van der Waals surface area (Å²) in [6, 6.07) is -1.22. The molecule has 4 atom stereocenters. The third-order valence-corrected chi connectivity index (χ3v) is 8.02. The first kappa shape index (κ1) is 24.5. The minimum Gasteiger partial charge on any atom is -0.398 e.